The third-order valence-corrected chi connectivity index (χ3v) is 1.90. The molecule has 1 aromatic carbocycles. The minimum Gasteiger partial charge on any atom is -0.486 e. The second-order valence-electron chi connectivity index (χ2n) is 3.42. The van der Waals surface area contributed by atoms with Crippen LogP contribution in [-0.4, -0.2) is 18.3 Å². The van der Waals surface area contributed by atoms with Gasteiger partial charge in [-0.1, -0.05) is 6.92 Å². The molecule has 0 fully saturated rings. The van der Waals surface area contributed by atoms with Gasteiger partial charge in [-0.2, -0.15) is 0 Å². The van der Waals surface area contributed by atoms with Crippen LogP contribution in [0.15, 0.2) is 24.3 Å². The Morgan fingerprint density at radius 1 is 1.25 bits per heavy atom. The predicted octanol–water partition coefficient (Wildman–Crippen LogP) is 2.00. The van der Waals surface area contributed by atoms with E-state index in [4.69, 9.17) is 4.74 Å². The fraction of sp³-hybridized carbons (Fsp3) is 0.333. The lowest BCUT2D eigenvalue weighted by Gasteiger charge is -2.06. The number of hydrogen-bond donors (Lipinski definition) is 1. The van der Waals surface area contributed by atoms with Crippen molar-refractivity contribution >= 4 is 17.4 Å². The van der Waals surface area contributed by atoms with E-state index >= 15 is 0 Å². The minimum absolute atomic E-state index is 0.0247. The summed E-state index contributed by atoms with van der Waals surface area (Å²) in [5.74, 6) is 0.561. The summed E-state index contributed by atoms with van der Waals surface area (Å²) in [7, 11) is 0. The van der Waals surface area contributed by atoms with Crippen LogP contribution in [0.2, 0.25) is 0 Å². The van der Waals surface area contributed by atoms with E-state index in [2.05, 4.69) is 5.32 Å². The molecule has 0 aliphatic carbocycles. The molecule has 0 unspecified atom stereocenters. The summed E-state index contributed by atoms with van der Waals surface area (Å²) >= 11 is 0. The Morgan fingerprint density at radius 2 is 1.88 bits per heavy atom. The molecule has 0 atom stereocenters. The van der Waals surface area contributed by atoms with Crippen LogP contribution in [0.3, 0.4) is 0 Å². The Labute approximate surface area is 94.6 Å². The van der Waals surface area contributed by atoms with Gasteiger partial charge in [-0.25, -0.2) is 0 Å². The lowest BCUT2D eigenvalue weighted by atomic mass is 10.3. The first kappa shape index (κ1) is 12.2. The number of rotatable bonds is 5. The lowest BCUT2D eigenvalue weighted by molar-refractivity contribution is -0.119. The molecule has 0 bridgehead atoms. The average Bonchev–Trinajstić information content (AvgIpc) is 2.28. The molecule has 1 N–H and O–H groups in total. The van der Waals surface area contributed by atoms with Crippen molar-refractivity contribution in [3.05, 3.63) is 24.3 Å². The molecule has 0 aromatic heterocycles. The molecule has 0 aliphatic rings. The van der Waals surface area contributed by atoms with Crippen LogP contribution in [0.25, 0.3) is 0 Å². The van der Waals surface area contributed by atoms with Crippen LogP contribution in [0, 0.1) is 0 Å². The van der Waals surface area contributed by atoms with E-state index in [9.17, 15) is 9.59 Å². The molecule has 0 saturated heterocycles. The van der Waals surface area contributed by atoms with Crippen LogP contribution in [0.4, 0.5) is 5.69 Å². The Balaban J connectivity index is 2.54. The van der Waals surface area contributed by atoms with Crippen molar-refractivity contribution in [1.82, 2.24) is 0 Å². The van der Waals surface area contributed by atoms with E-state index in [0.29, 0.717) is 12.2 Å². The standard InChI is InChI=1S/C12H15NO3/c1-3-12(15)13-10-4-6-11(7-5-10)16-8-9(2)14/h4-7H,3,8H2,1-2H3,(H,13,15). The number of benzene rings is 1. The summed E-state index contributed by atoms with van der Waals surface area (Å²) < 4.78 is 5.19. The van der Waals surface area contributed by atoms with Gasteiger partial charge in [0.05, 0.1) is 0 Å². The molecule has 0 heterocycles. The number of ketones is 1. The molecule has 1 aromatic rings. The number of hydrogen-bond acceptors (Lipinski definition) is 3. The third-order valence-electron chi connectivity index (χ3n) is 1.90. The van der Waals surface area contributed by atoms with Gasteiger partial charge in [0.1, 0.15) is 12.4 Å². The highest BCUT2D eigenvalue weighted by atomic mass is 16.5. The maximum absolute atomic E-state index is 11.1. The number of ether oxygens (including phenoxy) is 1. The van der Waals surface area contributed by atoms with Gasteiger partial charge < -0.3 is 10.1 Å². The molecule has 4 heteroatoms. The summed E-state index contributed by atoms with van der Waals surface area (Å²) in [6.07, 6.45) is 0.447. The van der Waals surface area contributed by atoms with Crippen molar-refractivity contribution < 1.29 is 14.3 Å². The number of Topliss-reactive ketones (excluding diaryl/α,β-unsaturated/α-hetero) is 1. The van der Waals surface area contributed by atoms with E-state index in [1.54, 1.807) is 31.2 Å². The number of carbonyl (C=O) groups is 2. The van der Waals surface area contributed by atoms with Crippen molar-refractivity contribution in [2.45, 2.75) is 20.3 Å². The molecule has 0 aliphatic heterocycles. The van der Waals surface area contributed by atoms with Crippen molar-refractivity contribution in [1.29, 1.82) is 0 Å². The minimum atomic E-state index is -0.0302. The summed E-state index contributed by atoms with van der Waals surface area (Å²) in [5.41, 5.74) is 0.724. The molecule has 0 radical (unpaired) electrons. The second-order valence-corrected chi connectivity index (χ2v) is 3.42. The van der Waals surface area contributed by atoms with Crippen LogP contribution >= 0.6 is 0 Å². The van der Waals surface area contributed by atoms with Crippen molar-refractivity contribution in [2.24, 2.45) is 0 Å². The summed E-state index contributed by atoms with van der Waals surface area (Å²) in [5, 5.41) is 2.72. The first-order valence-electron chi connectivity index (χ1n) is 5.14. The number of anilines is 1. The Morgan fingerprint density at radius 3 is 2.38 bits per heavy atom. The predicted molar refractivity (Wildman–Crippen MR) is 61.5 cm³/mol. The number of nitrogens with one attached hydrogen (secondary N) is 1. The normalized spacial score (nSPS) is 9.62. The third kappa shape index (κ3) is 4.13. The fourth-order valence-electron chi connectivity index (χ4n) is 1.07. The van der Waals surface area contributed by atoms with Gasteiger partial charge in [0.25, 0.3) is 0 Å². The first-order chi connectivity index (χ1) is 7.61. The van der Waals surface area contributed by atoms with Crippen LogP contribution in [0.5, 0.6) is 5.75 Å². The molecule has 1 rings (SSSR count). The van der Waals surface area contributed by atoms with Crippen molar-refractivity contribution in [2.75, 3.05) is 11.9 Å². The highest BCUT2D eigenvalue weighted by molar-refractivity contribution is 5.90. The summed E-state index contributed by atoms with van der Waals surface area (Å²) in [4.78, 5) is 21.8. The molecule has 0 saturated carbocycles. The van der Waals surface area contributed by atoms with Crippen LogP contribution in [-0.2, 0) is 9.59 Å². The topological polar surface area (TPSA) is 55.4 Å². The van der Waals surface area contributed by atoms with Gasteiger partial charge in [-0.3, -0.25) is 9.59 Å². The first-order valence-corrected chi connectivity index (χ1v) is 5.14. The Bertz CT molecular complexity index is 370. The quantitative estimate of drug-likeness (QED) is 0.827. The van der Waals surface area contributed by atoms with Gasteiger partial charge >= 0.3 is 0 Å². The molecule has 1 amide bonds. The molecule has 86 valence electrons. The average molecular weight is 221 g/mol. The van der Waals surface area contributed by atoms with Gasteiger partial charge in [0, 0.05) is 12.1 Å². The van der Waals surface area contributed by atoms with E-state index in [1.807, 2.05) is 0 Å². The van der Waals surface area contributed by atoms with Gasteiger partial charge in [-0.05, 0) is 31.2 Å². The van der Waals surface area contributed by atoms with E-state index in [-0.39, 0.29) is 18.3 Å². The van der Waals surface area contributed by atoms with Crippen molar-refractivity contribution in [3.63, 3.8) is 0 Å². The van der Waals surface area contributed by atoms with E-state index in [0.717, 1.165) is 5.69 Å². The number of amides is 1. The van der Waals surface area contributed by atoms with Crippen LogP contribution in [0.1, 0.15) is 20.3 Å². The second kappa shape index (κ2) is 5.90. The molecular weight excluding hydrogens is 206 g/mol. The summed E-state index contributed by atoms with van der Waals surface area (Å²) in [6.45, 7) is 3.33. The van der Waals surface area contributed by atoms with Gasteiger partial charge in [0.15, 0.2) is 5.78 Å². The highest BCUT2D eigenvalue weighted by Crippen LogP contribution is 2.15. The van der Waals surface area contributed by atoms with Gasteiger partial charge in [-0.15, -0.1) is 0 Å². The lowest BCUT2D eigenvalue weighted by Crippen LogP contribution is -2.09. The Kier molecular flexibility index (Phi) is 4.51. The zero-order valence-electron chi connectivity index (χ0n) is 9.45. The largest absolute Gasteiger partial charge is 0.486 e. The molecular formula is C12H15NO3. The zero-order chi connectivity index (χ0) is 12.0. The SMILES string of the molecule is CCC(=O)Nc1ccc(OCC(C)=O)cc1. The van der Waals surface area contributed by atoms with Gasteiger partial charge in [0.2, 0.25) is 5.91 Å². The fourth-order valence-corrected chi connectivity index (χ4v) is 1.07. The maximum atomic E-state index is 11.1. The number of carbonyl (C=O) groups excluding carboxylic acids is 2. The van der Waals surface area contributed by atoms with Crippen molar-refractivity contribution in [3.8, 4) is 5.75 Å². The van der Waals surface area contributed by atoms with E-state index in [1.165, 1.54) is 6.92 Å². The highest BCUT2D eigenvalue weighted by Gasteiger charge is 2.00. The molecule has 16 heavy (non-hydrogen) atoms. The monoisotopic (exact) mass is 221 g/mol. The van der Waals surface area contributed by atoms with Crippen LogP contribution < -0.4 is 10.1 Å². The molecule has 4 nitrogen and oxygen atoms in total. The Hall–Kier alpha value is -1.84. The van der Waals surface area contributed by atoms with E-state index < -0.39 is 0 Å². The smallest absolute Gasteiger partial charge is 0.224 e. The maximum Gasteiger partial charge on any atom is 0.224 e. The zero-order valence-corrected chi connectivity index (χ0v) is 9.45. The summed E-state index contributed by atoms with van der Waals surface area (Å²) in [6, 6.07) is 6.91. The molecule has 0 spiro atoms.